The Morgan fingerprint density at radius 3 is 2.55 bits per heavy atom. The molecule has 1 aromatic rings. The number of nitrogens with one attached hydrogen (secondary N) is 1. The van der Waals surface area contributed by atoms with Crippen LogP contribution in [0.1, 0.15) is 38.7 Å². The van der Waals surface area contributed by atoms with Gasteiger partial charge in [0.2, 0.25) is 5.91 Å². The number of hydrogen-bond donors (Lipinski definition) is 1. The highest BCUT2D eigenvalue weighted by molar-refractivity contribution is 5.75. The van der Waals surface area contributed by atoms with Crippen LogP contribution in [-0.4, -0.2) is 37.0 Å². The minimum Gasteiger partial charge on any atom is -0.346 e. The highest BCUT2D eigenvalue weighted by atomic mass is 16.2. The van der Waals surface area contributed by atoms with Crippen LogP contribution in [0.25, 0.3) is 0 Å². The molecule has 0 atom stereocenters. The number of nitrogens with zero attached hydrogens (tertiary/aromatic N) is 1. The van der Waals surface area contributed by atoms with Crippen molar-refractivity contribution in [3.05, 3.63) is 35.9 Å². The minimum absolute atomic E-state index is 0.253. The first-order valence-corrected chi connectivity index (χ1v) is 7.61. The Bertz CT molecular complexity index is 376. The van der Waals surface area contributed by atoms with Crippen LogP contribution in [0.15, 0.2) is 30.3 Å². The molecule has 1 aromatic carbocycles. The van der Waals surface area contributed by atoms with Gasteiger partial charge in [0.05, 0.1) is 0 Å². The molecule has 0 saturated carbocycles. The molecule has 20 heavy (non-hydrogen) atoms. The molecule has 1 N–H and O–H groups in total. The SMILES string of the molecule is CC(C)NCCCC(=O)N(C)CCCc1ccccc1. The van der Waals surface area contributed by atoms with Gasteiger partial charge in [0, 0.05) is 26.1 Å². The molecular formula is C17H28N2O. The molecule has 0 bridgehead atoms. The van der Waals surface area contributed by atoms with Crippen LogP contribution in [0.4, 0.5) is 0 Å². The Hall–Kier alpha value is -1.35. The van der Waals surface area contributed by atoms with Gasteiger partial charge in [-0.05, 0) is 31.4 Å². The molecule has 112 valence electrons. The van der Waals surface area contributed by atoms with Crippen LogP contribution in [0, 0.1) is 0 Å². The summed E-state index contributed by atoms with van der Waals surface area (Å²) in [6.07, 6.45) is 3.62. The minimum atomic E-state index is 0.253. The van der Waals surface area contributed by atoms with Crippen LogP contribution >= 0.6 is 0 Å². The number of benzene rings is 1. The lowest BCUT2D eigenvalue weighted by atomic mass is 10.1. The van der Waals surface area contributed by atoms with E-state index in [1.807, 2.05) is 18.0 Å². The van der Waals surface area contributed by atoms with Crippen LogP contribution in [0.3, 0.4) is 0 Å². The molecule has 3 nitrogen and oxygen atoms in total. The van der Waals surface area contributed by atoms with E-state index >= 15 is 0 Å². The van der Waals surface area contributed by atoms with Crippen LogP contribution in [-0.2, 0) is 11.2 Å². The van der Waals surface area contributed by atoms with E-state index in [-0.39, 0.29) is 5.91 Å². The molecule has 3 heteroatoms. The molecule has 0 saturated heterocycles. The summed E-state index contributed by atoms with van der Waals surface area (Å²) >= 11 is 0. The summed E-state index contributed by atoms with van der Waals surface area (Å²) in [5, 5.41) is 3.33. The quantitative estimate of drug-likeness (QED) is 0.703. The predicted octanol–water partition coefficient (Wildman–Crippen LogP) is 2.86. The Labute approximate surface area is 123 Å². The average molecular weight is 276 g/mol. The second-order valence-corrected chi connectivity index (χ2v) is 5.62. The van der Waals surface area contributed by atoms with Crippen molar-refractivity contribution in [2.75, 3.05) is 20.1 Å². The van der Waals surface area contributed by atoms with Gasteiger partial charge in [0.1, 0.15) is 0 Å². The maximum absolute atomic E-state index is 11.9. The fraction of sp³-hybridized carbons (Fsp3) is 0.588. The molecule has 0 aliphatic carbocycles. The Kier molecular flexibility index (Phi) is 7.97. The van der Waals surface area contributed by atoms with Gasteiger partial charge >= 0.3 is 0 Å². The van der Waals surface area contributed by atoms with Crippen molar-refractivity contribution in [1.82, 2.24) is 10.2 Å². The van der Waals surface area contributed by atoms with E-state index in [1.54, 1.807) is 0 Å². The first-order chi connectivity index (χ1) is 9.59. The lowest BCUT2D eigenvalue weighted by Crippen LogP contribution is -2.29. The van der Waals surface area contributed by atoms with E-state index in [0.717, 1.165) is 32.4 Å². The molecule has 0 fully saturated rings. The number of carbonyl (C=O) groups excluding carboxylic acids is 1. The average Bonchev–Trinajstić information content (AvgIpc) is 2.44. The summed E-state index contributed by atoms with van der Waals surface area (Å²) in [5.74, 6) is 0.253. The summed E-state index contributed by atoms with van der Waals surface area (Å²) in [5.41, 5.74) is 1.34. The van der Waals surface area contributed by atoms with Crippen LogP contribution in [0.5, 0.6) is 0 Å². The van der Waals surface area contributed by atoms with Crippen molar-refractivity contribution in [3.63, 3.8) is 0 Å². The van der Waals surface area contributed by atoms with E-state index in [2.05, 4.69) is 43.4 Å². The Balaban J connectivity index is 2.12. The van der Waals surface area contributed by atoms with Gasteiger partial charge in [-0.25, -0.2) is 0 Å². The maximum atomic E-state index is 11.9. The third kappa shape index (κ3) is 7.29. The predicted molar refractivity (Wildman–Crippen MR) is 84.8 cm³/mol. The fourth-order valence-corrected chi connectivity index (χ4v) is 2.11. The molecule has 0 radical (unpaired) electrons. The normalized spacial score (nSPS) is 10.8. The summed E-state index contributed by atoms with van der Waals surface area (Å²) < 4.78 is 0. The van der Waals surface area contributed by atoms with E-state index < -0.39 is 0 Å². The standard InChI is InChI=1S/C17H28N2O/c1-15(2)18-13-7-12-17(20)19(3)14-8-11-16-9-5-4-6-10-16/h4-6,9-10,15,18H,7-8,11-14H2,1-3H3. The highest BCUT2D eigenvalue weighted by Crippen LogP contribution is 2.04. The molecule has 1 rings (SSSR count). The Morgan fingerprint density at radius 2 is 1.90 bits per heavy atom. The van der Waals surface area contributed by atoms with Gasteiger partial charge in [0.25, 0.3) is 0 Å². The molecular weight excluding hydrogens is 248 g/mol. The maximum Gasteiger partial charge on any atom is 0.222 e. The summed E-state index contributed by atoms with van der Waals surface area (Å²) in [6.45, 7) is 6.00. The second kappa shape index (κ2) is 9.54. The molecule has 0 unspecified atom stereocenters. The number of aryl methyl sites for hydroxylation is 1. The highest BCUT2D eigenvalue weighted by Gasteiger charge is 2.07. The largest absolute Gasteiger partial charge is 0.346 e. The van der Waals surface area contributed by atoms with Gasteiger partial charge in [-0.1, -0.05) is 44.2 Å². The zero-order valence-electron chi connectivity index (χ0n) is 13.1. The zero-order valence-corrected chi connectivity index (χ0v) is 13.1. The summed E-state index contributed by atoms with van der Waals surface area (Å²) in [6, 6.07) is 10.9. The van der Waals surface area contributed by atoms with Crippen LogP contribution < -0.4 is 5.32 Å². The van der Waals surface area contributed by atoms with Crippen molar-refractivity contribution in [2.45, 2.75) is 45.6 Å². The Morgan fingerprint density at radius 1 is 1.20 bits per heavy atom. The van der Waals surface area contributed by atoms with Gasteiger partial charge < -0.3 is 10.2 Å². The number of rotatable bonds is 9. The molecule has 0 spiro atoms. The number of amides is 1. The third-order valence-corrected chi connectivity index (χ3v) is 3.35. The van der Waals surface area contributed by atoms with Gasteiger partial charge in [0.15, 0.2) is 0 Å². The number of hydrogen-bond acceptors (Lipinski definition) is 2. The third-order valence-electron chi connectivity index (χ3n) is 3.35. The van der Waals surface area contributed by atoms with Crippen molar-refractivity contribution >= 4 is 5.91 Å². The van der Waals surface area contributed by atoms with E-state index in [1.165, 1.54) is 5.56 Å². The summed E-state index contributed by atoms with van der Waals surface area (Å²) in [4.78, 5) is 13.8. The first-order valence-electron chi connectivity index (χ1n) is 7.61. The lowest BCUT2D eigenvalue weighted by Gasteiger charge is -2.17. The van der Waals surface area contributed by atoms with Crippen molar-refractivity contribution in [1.29, 1.82) is 0 Å². The first kappa shape index (κ1) is 16.7. The molecule has 0 aromatic heterocycles. The van der Waals surface area contributed by atoms with Crippen molar-refractivity contribution in [2.24, 2.45) is 0 Å². The van der Waals surface area contributed by atoms with Gasteiger partial charge in [-0.15, -0.1) is 0 Å². The smallest absolute Gasteiger partial charge is 0.222 e. The van der Waals surface area contributed by atoms with E-state index in [4.69, 9.17) is 0 Å². The summed E-state index contributed by atoms with van der Waals surface area (Å²) in [7, 11) is 1.91. The van der Waals surface area contributed by atoms with Crippen molar-refractivity contribution in [3.8, 4) is 0 Å². The van der Waals surface area contributed by atoms with Gasteiger partial charge in [-0.2, -0.15) is 0 Å². The van der Waals surface area contributed by atoms with Gasteiger partial charge in [-0.3, -0.25) is 4.79 Å². The lowest BCUT2D eigenvalue weighted by molar-refractivity contribution is -0.130. The zero-order chi connectivity index (χ0) is 14.8. The fourth-order valence-electron chi connectivity index (χ4n) is 2.11. The monoisotopic (exact) mass is 276 g/mol. The second-order valence-electron chi connectivity index (χ2n) is 5.62. The number of carbonyl (C=O) groups is 1. The van der Waals surface area contributed by atoms with Crippen molar-refractivity contribution < 1.29 is 4.79 Å². The molecule has 0 heterocycles. The van der Waals surface area contributed by atoms with E-state index in [9.17, 15) is 4.79 Å². The van der Waals surface area contributed by atoms with E-state index in [0.29, 0.717) is 12.5 Å². The molecule has 0 aliphatic rings. The molecule has 1 amide bonds. The topological polar surface area (TPSA) is 32.3 Å². The molecule has 0 aliphatic heterocycles. The van der Waals surface area contributed by atoms with Crippen LogP contribution in [0.2, 0.25) is 0 Å².